The summed E-state index contributed by atoms with van der Waals surface area (Å²) in [6.45, 7) is 0.909. The number of rotatable bonds is 2. The SMILES string of the molecule is CN1CC(O)CC1OCN. The lowest BCUT2D eigenvalue weighted by Gasteiger charge is -2.17. The molecule has 2 unspecified atom stereocenters. The van der Waals surface area contributed by atoms with Gasteiger partial charge in [0.2, 0.25) is 0 Å². The van der Waals surface area contributed by atoms with Gasteiger partial charge in [0, 0.05) is 13.0 Å². The average molecular weight is 146 g/mol. The first kappa shape index (κ1) is 7.94. The number of likely N-dealkylation sites (tertiary alicyclic amines) is 1. The molecular formula is C6H14N2O2. The maximum absolute atomic E-state index is 9.13. The molecule has 1 rings (SSSR count). The van der Waals surface area contributed by atoms with E-state index in [9.17, 15) is 0 Å². The van der Waals surface area contributed by atoms with Crippen LogP contribution in [0.5, 0.6) is 0 Å². The van der Waals surface area contributed by atoms with Crippen molar-refractivity contribution >= 4 is 0 Å². The van der Waals surface area contributed by atoms with Gasteiger partial charge in [-0.3, -0.25) is 4.90 Å². The number of nitrogens with two attached hydrogens (primary N) is 1. The van der Waals surface area contributed by atoms with Crippen LogP contribution in [0.15, 0.2) is 0 Å². The summed E-state index contributed by atoms with van der Waals surface area (Å²) in [5, 5.41) is 9.13. The Morgan fingerprint density at radius 3 is 2.90 bits per heavy atom. The lowest BCUT2D eigenvalue weighted by Crippen LogP contribution is -2.29. The lowest BCUT2D eigenvalue weighted by atomic mass is 10.3. The minimum absolute atomic E-state index is 0.0139. The number of nitrogens with zero attached hydrogens (tertiary/aromatic N) is 1. The average Bonchev–Trinajstić information content (AvgIpc) is 2.13. The molecular weight excluding hydrogens is 132 g/mol. The summed E-state index contributed by atoms with van der Waals surface area (Å²) in [7, 11) is 1.91. The number of aliphatic hydroxyl groups excluding tert-OH is 1. The van der Waals surface area contributed by atoms with Gasteiger partial charge in [-0.25, -0.2) is 0 Å². The van der Waals surface area contributed by atoms with Gasteiger partial charge in [0.1, 0.15) is 6.23 Å². The molecule has 0 aromatic heterocycles. The topological polar surface area (TPSA) is 58.7 Å². The Kier molecular flexibility index (Phi) is 2.62. The van der Waals surface area contributed by atoms with Gasteiger partial charge in [0.05, 0.1) is 12.8 Å². The summed E-state index contributed by atoms with van der Waals surface area (Å²) < 4.78 is 5.13. The molecule has 0 spiro atoms. The van der Waals surface area contributed by atoms with Crippen LogP contribution in [0.1, 0.15) is 6.42 Å². The highest BCUT2D eigenvalue weighted by molar-refractivity contribution is 4.76. The molecule has 1 saturated heterocycles. The first-order valence-corrected chi connectivity index (χ1v) is 3.44. The zero-order chi connectivity index (χ0) is 7.56. The Hall–Kier alpha value is -0.160. The van der Waals surface area contributed by atoms with Crippen LogP contribution in [0.3, 0.4) is 0 Å². The first-order valence-electron chi connectivity index (χ1n) is 3.44. The van der Waals surface area contributed by atoms with Crippen LogP contribution in [-0.2, 0) is 4.74 Å². The van der Waals surface area contributed by atoms with Gasteiger partial charge >= 0.3 is 0 Å². The van der Waals surface area contributed by atoms with Crippen LogP contribution in [-0.4, -0.2) is 42.7 Å². The third-order valence-electron chi connectivity index (χ3n) is 1.75. The molecule has 2 atom stereocenters. The fourth-order valence-electron chi connectivity index (χ4n) is 1.24. The molecule has 60 valence electrons. The molecule has 3 N–H and O–H groups in total. The molecule has 10 heavy (non-hydrogen) atoms. The minimum Gasteiger partial charge on any atom is -0.392 e. The van der Waals surface area contributed by atoms with Crippen LogP contribution < -0.4 is 5.73 Å². The zero-order valence-electron chi connectivity index (χ0n) is 6.16. The van der Waals surface area contributed by atoms with E-state index < -0.39 is 0 Å². The van der Waals surface area contributed by atoms with Crippen molar-refractivity contribution in [2.45, 2.75) is 18.8 Å². The number of ether oxygens (including phenoxy) is 1. The van der Waals surface area contributed by atoms with E-state index in [1.165, 1.54) is 0 Å². The summed E-state index contributed by atoms with van der Waals surface area (Å²) in [6.07, 6.45) is 0.440. The number of aliphatic hydroxyl groups is 1. The van der Waals surface area contributed by atoms with Gasteiger partial charge in [-0.05, 0) is 7.05 Å². The first-order chi connectivity index (χ1) is 4.74. The summed E-state index contributed by atoms with van der Waals surface area (Å²) in [5.41, 5.74) is 5.19. The second-order valence-corrected chi connectivity index (χ2v) is 2.62. The molecule has 1 fully saturated rings. The number of likely N-dealkylation sites (N-methyl/N-ethyl adjacent to an activating group) is 1. The van der Waals surface area contributed by atoms with Crippen molar-refractivity contribution in [3.8, 4) is 0 Å². The van der Waals surface area contributed by atoms with Crippen LogP contribution in [0, 0.1) is 0 Å². The Balaban J connectivity index is 2.31. The molecule has 0 aliphatic carbocycles. The molecule has 0 radical (unpaired) electrons. The fourth-order valence-corrected chi connectivity index (χ4v) is 1.24. The second-order valence-electron chi connectivity index (χ2n) is 2.62. The minimum atomic E-state index is -0.249. The van der Waals surface area contributed by atoms with Crippen molar-refractivity contribution in [3.05, 3.63) is 0 Å². The Bertz CT molecular complexity index is 110. The summed E-state index contributed by atoms with van der Waals surface area (Å²) in [4.78, 5) is 1.96. The normalized spacial score (nSPS) is 35.1. The molecule has 0 amide bonds. The fraction of sp³-hybridized carbons (Fsp3) is 1.00. The third-order valence-corrected chi connectivity index (χ3v) is 1.75. The highest BCUT2D eigenvalue weighted by atomic mass is 16.5. The maximum atomic E-state index is 9.13. The third kappa shape index (κ3) is 1.67. The van der Waals surface area contributed by atoms with Gasteiger partial charge < -0.3 is 15.6 Å². The molecule has 1 heterocycles. The van der Waals surface area contributed by atoms with E-state index in [2.05, 4.69) is 0 Å². The van der Waals surface area contributed by atoms with E-state index in [-0.39, 0.29) is 19.1 Å². The van der Waals surface area contributed by atoms with Crippen LogP contribution in [0.4, 0.5) is 0 Å². The van der Waals surface area contributed by atoms with E-state index in [1.807, 2.05) is 11.9 Å². The van der Waals surface area contributed by atoms with Crippen LogP contribution in [0.25, 0.3) is 0 Å². The Morgan fingerprint density at radius 1 is 1.80 bits per heavy atom. The van der Waals surface area contributed by atoms with Gasteiger partial charge in [-0.2, -0.15) is 0 Å². The van der Waals surface area contributed by atoms with Crippen molar-refractivity contribution in [2.24, 2.45) is 5.73 Å². The number of β-amino-alcohol motifs (C(OH)–C–C–N with tert-alkyl or cyclic N) is 1. The Morgan fingerprint density at radius 2 is 2.50 bits per heavy atom. The van der Waals surface area contributed by atoms with Crippen LogP contribution in [0.2, 0.25) is 0 Å². The van der Waals surface area contributed by atoms with E-state index >= 15 is 0 Å². The molecule has 1 aliphatic heterocycles. The molecule has 0 saturated carbocycles. The van der Waals surface area contributed by atoms with Gasteiger partial charge in [-0.1, -0.05) is 0 Å². The number of hydrogen-bond acceptors (Lipinski definition) is 4. The number of hydrogen-bond donors (Lipinski definition) is 2. The van der Waals surface area contributed by atoms with Gasteiger partial charge in [0.15, 0.2) is 0 Å². The van der Waals surface area contributed by atoms with E-state index in [0.717, 1.165) is 0 Å². The van der Waals surface area contributed by atoms with Crippen LogP contribution >= 0.6 is 0 Å². The van der Waals surface area contributed by atoms with Crippen molar-refractivity contribution in [3.63, 3.8) is 0 Å². The predicted octanol–water partition coefficient (Wildman–Crippen LogP) is -1.06. The summed E-state index contributed by atoms with van der Waals surface area (Å²) in [5.74, 6) is 0. The van der Waals surface area contributed by atoms with Gasteiger partial charge in [-0.15, -0.1) is 0 Å². The van der Waals surface area contributed by atoms with Crippen molar-refractivity contribution in [2.75, 3.05) is 20.3 Å². The quantitative estimate of drug-likeness (QED) is 0.488. The van der Waals surface area contributed by atoms with E-state index in [4.69, 9.17) is 15.6 Å². The molecule has 1 aliphatic rings. The van der Waals surface area contributed by atoms with Gasteiger partial charge in [0.25, 0.3) is 0 Å². The highest BCUT2D eigenvalue weighted by Crippen LogP contribution is 2.15. The Labute approximate surface area is 60.6 Å². The smallest absolute Gasteiger partial charge is 0.114 e. The molecule has 4 nitrogen and oxygen atoms in total. The summed E-state index contributed by atoms with van der Waals surface area (Å²) >= 11 is 0. The second kappa shape index (κ2) is 3.30. The monoisotopic (exact) mass is 146 g/mol. The van der Waals surface area contributed by atoms with E-state index in [0.29, 0.717) is 13.0 Å². The molecule has 0 aromatic carbocycles. The highest BCUT2D eigenvalue weighted by Gasteiger charge is 2.27. The van der Waals surface area contributed by atoms with E-state index in [1.54, 1.807) is 0 Å². The predicted molar refractivity (Wildman–Crippen MR) is 37.2 cm³/mol. The van der Waals surface area contributed by atoms with Crippen molar-refractivity contribution in [1.29, 1.82) is 0 Å². The molecule has 4 heteroatoms. The molecule has 0 aromatic rings. The standard InChI is InChI=1S/C6H14N2O2/c1-8-3-5(9)2-6(8)10-4-7/h5-6,9H,2-4,7H2,1H3. The molecule has 0 bridgehead atoms. The zero-order valence-corrected chi connectivity index (χ0v) is 6.16. The summed E-state index contributed by atoms with van der Waals surface area (Å²) in [6, 6.07) is 0. The lowest BCUT2D eigenvalue weighted by molar-refractivity contribution is -0.0213. The largest absolute Gasteiger partial charge is 0.392 e. The van der Waals surface area contributed by atoms with Crippen molar-refractivity contribution < 1.29 is 9.84 Å². The van der Waals surface area contributed by atoms with Crippen molar-refractivity contribution in [1.82, 2.24) is 4.90 Å². The maximum Gasteiger partial charge on any atom is 0.114 e.